The highest BCUT2D eigenvalue weighted by atomic mass is 19.1. The van der Waals surface area contributed by atoms with E-state index in [4.69, 9.17) is 9.97 Å². The molecule has 0 spiro atoms. The van der Waals surface area contributed by atoms with E-state index in [2.05, 4.69) is 48.7 Å². The van der Waals surface area contributed by atoms with E-state index in [0.29, 0.717) is 40.4 Å². The van der Waals surface area contributed by atoms with Gasteiger partial charge in [-0.05, 0) is 66.1 Å². The molecule has 200 valence electrons. The highest BCUT2D eigenvalue weighted by Crippen LogP contribution is 2.31. The highest BCUT2D eigenvalue weighted by Gasteiger charge is 2.18. The molecule has 7 rings (SSSR count). The molecule has 41 heavy (non-hydrogen) atoms. The van der Waals surface area contributed by atoms with Crippen molar-refractivity contribution in [1.82, 2.24) is 40.4 Å². The normalized spacial score (nSPS) is 11.5. The number of halogens is 1. The summed E-state index contributed by atoms with van der Waals surface area (Å²) in [5.74, 6) is 0.241. The molecule has 0 aliphatic carbocycles. The minimum Gasteiger partial charge on any atom is -0.336 e. The van der Waals surface area contributed by atoms with E-state index < -0.39 is 0 Å². The maximum absolute atomic E-state index is 14.2. The monoisotopic (exact) mass is 540 g/mol. The Hall–Kier alpha value is -5.28. The van der Waals surface area contributed by atoms with E-state index in [9.17, 15) is 4.39 Å². The second-order valence-electron chi connectivity index (χ2n) is 9.99. The number of aromatic nitrogens is 7. The Labute approximate surface area is 234 Å². The van der Waals surface area contributed by atoms with Gasteiger partial charge in [-0.3, -0.25) is 15.1 Å². The first kappa shape index (κ1) is 24.7. The third-order valence-corrected chi connectivity index (χ3v) is 6.94. The van der Waals surface area contributed by atoms with Crippen molar-refractivity contribution in [3.8, 4) is 34.0 Å². The van der Waals surface area contributed by atoms with Gasteiger partial charge in [0, 0.05) is 42.8 Å². The zero-order valence-electron chi connectivity index (χ0n) is 22.2. The molecule has 0 atom stereocenters. The van der Waals surface area contributed by atoms with Crippen LogP contribution in [0.2, 0.25) is 0 Å². The van der Waals surface area contributed by atoms with Gasteiger partial charge in [-0.15, -0.1) is 0 Å². The molecule has 5 aromatic heterocycles. The first-order chi connectivity index (χ1) is 20.1. The highest BCUT2D eigenvalue weighted by molar-refractivity contribution is 5.95. The van der Waals surface area contributed by atoms with Crippen LogP contribution in [0.15, 0.2) is 91.4 Å². The fourth-order valence-corrected chi connectivity index (χ4v) is 5.03. The summed E-state index contributed by atoms with van der Waals surface area (Å²) in [4.78, 5) is 22.1. The molecule has 0 fully saturated rings. The lowest BCUT2D eigenvalue weighted by Gasteiger charge is -2.07. The molecule has 8 nitrogen and oxygen atoms in total. The van der Waals surface area contributed by atoms with Crippen LogP contribution in [0, 0.1) is 12.7 Å². The van der Waals surface area contributed by atoms with Gasteiger partial charge >= 0.3 is 0 Å². The summed E-state index contributed by atoms with van der Waals surface area (Å²) in [7, 11) is 0. The van der Waals surface area contributed by atoms with Crippen LogP contribution in [0.1, 0.15) is 16.7 Å². The number of pyridine rings is 3. The van der Waals surface area contributed by atoms with E-state index in [-0.39, 0.29) is 5.82 Å². The van der Waals surface area contributed by atoms with Crippen LogP contribution in [0.4, 0.5) is 4.39 Å². The van der Waals surface area contributed by atoms with E-state index >= 15 is 0 Å². The zero-order valence-corrected chi connectivity index (χ0v) is 22.2. The lowest BCUT2D eigenvalue weighted by atomic mass is 10.1. The van der Waals surface area contributed by atoms with Crippen molar-refractivity contribution in [2.24, 2.45) is 0 Å². The molecule has 0 radical (unpaired) electrons. The Balaban J connectivity index is 1.21. The zero-order chi connectivity index (χ0) is 27.8. The van der Waals surface area contributed by atoms with E-state index in [1.165, 1.54) is 17.7 Å². The van der Waals surface area contributed by atoms with Crippen LogP contribution in [0.5, 0.6) is 0 Å². The summed E-state index contributed by atoms with van der Waals surface area (Å²) in [5, 5.41) is 11.1. The number of nitrogens with zero attached hydrogens (tertiary/aromatic N) is 5. The lowest BCUT2D eigenvalue weighted by Crippen LogP contribution is -2.12. The maximum atomic E-state index is 14.2. The molecule has 0 saturated carbocycles. The molecule has 0 aliphatic heterocycles. The largest absolute Gasteiger partial charge is 0.336 e. The van der Waals surface area contributed by atoms with Crippen LogP contribution in [0.25, 0.3) is 56.1 Å². The van der Waals surface area contributed by atoms with Crippen molar-refractivity contribution in [2.45, 2.75) is 20.0 Å². The predicted octanol–water partition coefficient (Wildman–Crippen LogP) is 6.36. The SMILES string of the molecule is Cc1cc(F)cc(-c2nccc3[nH]c(-c4n[nH]c5ccc(-c6cncc(CNCc7ccccc7)c6)nc45)nc23)c1. The Morgan fingerprint density at radius 1 is 0.780 bits per heavy atom. The van der Waals surface area contributed by atoms with E-state index in [0.717, 1.165) is 40.0 Å². The number of benzene rings is 2. The van der Waals surface area contributed by atoms with Crippen LogP contribution < -0.4 is 5.32 Å². The molecule has 0 aliphatic rings. The smallest absolute Gasteiger partial charge is 0.161 e. The number of aromatic amines is 2. The molecule has 9 heteroatoms. The molecular weight excluding hydrogens is 515 g/mol. The molecule has 5 heterocycles. The average Bonchev–Trinajstić information content (AvgIpc) is 3.61. The average molecular weight is 541 g/mol. The van der Waals surface area contributed by atoms with Crippen molar-refractivity contribution < 1.29 is 4.39 Å². The van der Waals surface area contributed by atoms with Crippen molar-refractivity contribution in [2.75, 3.05) is 0 Å². The van der Waals surface area contributed by atoms with Gasteiger partial charge in [0.15, 0.2) is 11.5 Å². The topological polar surface area (TPSA) is 108 Å². The lowest BCUT2D eigenvalue weighted by molar-refractivity contribution is 0.627. The third kappa shape index (κ3) is 4.94. The molecular formula is C32H25FN8. The Morgan fingerprint density at radius 3 is 2.51 bits per heavy atom. The molecule has 7 aromatic rings. The summed E-state index contributed by atoms with van der Waals surface area (Å²) in [6.07, 6.45) is 5.37. The van der Waals surface area contributed by atoms with Gasteiger partial charge in [0.2, 0.25) is 0 Å². The minimum absolute atomic E-state index is 0.310. The predicted molar refractivity (Wildman–Crippen MR) is 157 cm³/mol. The molecule has 2 aromatic carbocycles. The van der Waals surface area contributed by atoms with E-state index in [1.54, 1.807) is 6.20 Å². The second-order valence-corrected chi connectivity index (χ2v) is 9.99. The van der Waals surface area contributed by atoms with Crippen LogP contribution in [-0.4, -0.2) is 35.1 Å². The summed E-state index contributed by atoms with van der Waals surface area (Å²) in [5.41, 5.74) is 9.56. The third-order valence-electron chi connectivity index (χ3n) is 6.94. The van der Waals surface area contributed by atoms with Gasteiger partial charge in [-0.2, -0.15) is 5.10 Å². The number of hydrogen-bond donors (Lipinski definition) is 3. The van der Waals surface area contributed by atoms with Crippen molar-refractivity contribution in [3.63, 3.8) is 0 Å². The summed E-state index contributed by atoms with van der Waals surface area (Å²) in [6, 6.07) is 23.0. The van der Waals surface area contributed by atoms with Gasteiger partial charge in [-0.25, -0.2) is 14.4 Å². The summed E-state index contributed by atoms with van der Waals surface area (Å²) < 4.78 is 14.2. The van der Waals surface area contributed by atoms with Crippen LogP contribution >= 0.6 is 0 Å². The number of H-pyrrole nitrogens is 2. The Bertz CT molecular complexity index is 1990. The second kappa shape index (κ2) is 10.4. The number of rotatable bonds is 7. The molecule has 0 unspecified atom stereocenters. The van der Waals surface area contributed by atoms with E-state index in [1.807, 2.05) is 61.8 Å². The minimum atomic E-state index is -0.310. The number of fused-ring (bicyclic) bond motifs is 2. The number of nitrogens with one attached hydrogen (secondary N) is 3. The Kier molecular flexibility index (Phi) is 6.25. The van der Waals surface area contributed by atoms with Crippen LogP contribution in [-0.2, 0) is 13.1 Å². The fourth-order valence-electron chi connectivity index (χ4n) is 5.03. The summed E-state index contributed by atoms with van der Waals surface area (Å²) in [6.45, 7) is 3.32. The first-order valence-corrected chi connectivity index (χ1v) is 13.3. The standard InChI is InChI=1S/C32H25FN8/c1-19-11-22(14-24(33)12-19)28-29-26(9-10-36-28)38-32(39-29)31-30-27(40-41-31)8-7-25(37-30)23-13-21(17-35-18-23)16-34-15-20-5-3-2-4-6-20/h2-14,17-18,34H,15-16H2,1H3,(H,38,39)(H,40,41). The molecule has 0 bridgehead atoms. The van der Waals surface area contributed by atoms with Crippen molar-refractivity contribution in [1.29, 1.82) is 0 Å². The number of aryl methyl sites for hydroxylation is 1. The molecule has 3 N–H and O–H groups in total. The van der Waals surface area contributed by atoms with Crippen molar-refractivity contribution in [3.05, 3.63) is 114 Å². The van der Waals surface area contributed by atoms with Gasteiger partial charge < -0.3 is 10.3 Å². The Morgan fingerprint density at radius 2 is 1.63 bits per heavy atom. The van der Waals surface area contributed by atoms with Gasteiger partial charge in [0.05, 0.1) is 22.4 Å². The van der Waals surface area contributed by atoms with Gasteiger partial charge in [0.1, 0.15) is 16.9 Å². The fraction of sp³-hybridized carbons (Fsp3) is 0.0938. The van der Waals surface area contributed by atoms with Crippen LogP contribution in [0.3, 0.4) is 0 Å². The van der Waals surface area contributed by atoms with Gasteiger partial charge in [0.25, 0.3) is 0 Å². The first-order valence-electron chi connectivity index (χ1n) is 13.3. The number of imidazole rings is 1. The summed E-state index contributed by atoms with van der Waals surface area (Å²) >= 11 is 0. The van der Waals surface area contributed by atoms with Crippen molar-refractivity contribution >= 4 is 22.1 Å². The maximum Gasteiger partial charge on any atom is 0.161 e. The number of hydrogen-bond acceptors (Lipinski definition) is 6. The quantitative estimate of drug-likeness (QED) is 0.217. The molecule has 0 amide bonds. The molecule has 0 saturated heterocycles. The van der Waals surface area contributed by atoms with Gasteiger partial charge in [-0.1, -0.05) is 30.3 Å².